The fourth-order valence-corrected chi connectivity index (χ4v) is 8.73. The lowest BCUT2D eigenvalue weighted by molar-refractivity contribution is -0.161. The smallest absolute Gasteiger partial charge is 0.462 e. The molecule has 1 aliphatic rings. The second kappa shape index (κ2) is 37.4. The van der Waals surface area contributed by atoms with E-state index in [2.05, 4.69) is 25.3 Å². The Bertz CT molecular complexity index is 1250. The quantitative estimate of drug-likeness (QED) is 0.0145. The van der Waals surface area contributed by atoms with Gasteiger partial charge in [0.2, 0.25) is 0 Å². The van der Waals surface area contributed by atoms with E-state index in [0.717, 1.165) is 44.4 Å². The first-order valence-corrected chi connectivity index (χ1v) is 26.2. The topological polar surface area (TPSA) is 227 Å². The Morgan fingerprint density at radius 2 is 1.17 bits per heavy atom. The largest absolute Gasteiger partial charge is 0.472 e. The first-order valence-electron chi connectivity index (χ1n) is 24.7. The first-order chi connectivity index (χ1) is 30.2. The monoisotopic (exact) mass is 921 g/mol. The molecule has 15 heteroatoms. The van der Waals surface area contributed by atoms with E-state index in [1.807, 2.05) is 0 Å². The lowest BCUT2D eigenvalue weighted by Gasteiger charge is -2.21. The minimum Gasteiger partial charge on any atom is -0.462 e. The number of phosphoric ester groups is 1. The number of ether oxygens (including phenoxy) is 2. The van der Waals surface area contributed by atoms with E-state index in [4.69, 9.17) is 19.1 Å². The summed E-state index contributed by atoms with van der Waals surface area (Å²) in [5.74, 6) is -1.46. The molecule has 63 heavy (non-hydrogen) atoms. The van der Waals surface area contributed by atoms with E-state index in [1.165, 1.54) is 83.5 Å². The number of ketones is 1. The van der Waals surface area contributed by atoms with Crippen LogP contribution in [0, 0.1) is 17.8 Å². The normalized spacial score (nSPS) is 20.2. The van der Waals surface area contributed by atoms with E-state index in [-0.39, 0.29) is 44.3 Å². The van der Waals surface area contributed by atoms with E-state index >= 15 is 0 Å². The Kier molecular flexibility index (Phi) is 35.2. The number of unbranched alkanes of at least 4 members (excludes halogenated alkanes) is 18. The highest BCUT2D eigenvalue weighted by Crippen LogP contribution is 2.43. The predicted octanol–water partition coefficient (Wildman–Crippen LogP) is 8.98. The van der Waals surface area contributed by atoms with Crippen LogP contribution >= 0.6 is 7.82 Å². The van der Waals surface area contributed by atoms with Crippen molar-refractivity contribution < 1.29 is 67.9 Å². The van der Waals surface area contributed by atoms with Crippen LogP contribution < -0.4 is 0 Å². The van der Waals surface area contributed by atoms with Gasteiger partial charge in [0.05, 0.1) is 38.1 Å². The van der Waals surface area contributed by atoms with Gasteiger partial charge in [0, 0.05) is 43.9 Å². The third-order valence-electron chi connectivity index (χ3n) is 11.8. The number of aliphatic hydroxyl groups excluding tert-OH is 5. The standard InChI is InChI=1S/C48H89O14P/c1-4-5-20-26-39(50)30-31-43-44(46(54)33-45(43)53)32-40(51)27-23-24-29-48(56)62-42(37-61-63(57,58)60-35-41(52)34-49)36-59-47(55)28-22-19-17-15-13-11-9-7-6-8-10-12-14-16-18-21-25-38(2)3/h30-31,38-39,41-46,49-50,52-54H,4-29,32-37H2,1-3H3,(H,57,58)/b31-30+/t39-,41-,42+,43+,44+,45+,46-/m0/s1. The molecule has 1 aliphatic carbocycles. The third kappa shape index (κ3) is 32.6. The van der Waals surface area contributed by atoms with Crippen LogP contribution in [0.25, 0.3) is 0 Å². The highest BCUT2D eigenvalue weighted by molar-refractivity contribution is 7.47. The van der Waals surface area contributed by atoms with Crippen LogP contribution in [0.1, 0.15) is 201 Å². The van der Waals surface area contributed by atoms with Crippen LogP contribution in [0.3, 0.4) is 0 Å². The molecule has 6 N–H and O–H groups in total. The maximum atomic E-state index is 12.9. The zero-order valence-corrected chi connectivity index (χ0v) is 40.2. The van der Waals surface area contributed by atoms with Crippen molar-refractivity contribution in [3.63, 3.8) is 0 Å². The van der Waals surface area contributed by atoms with Crippen LogP contribution in [-0.4, -0.2) is 105 Å². The van der Waals surface area contributed by atoms with Gasteiger partial charge in [-0.15, -0.1) is 0 Å². The molecule has 14 nitrogen and oxygen atoms in total. The Morgan fingerprint density at radius 3 is 1.75 bits per heavy atom. The minimum atomic E-state index is -4.72. The molecule has 0 aliphatic heterocycles. The molecule has 0 radical (unpaired) electrons. The van der Waals surface area contributed by atoms with E-state index in [9.17, 15) is 44.3 Å². The molecular weight excluding hydrogens is 831 g/mol. The molecule has 1 rings (SSSR count). The van der Waals surface area contributed by atoms with Gasteiger partial charge in [0.25, 0.3) is 0 Å². The molecule has 0 aromatic heterocycles. The van der Waals surface area contributed by atoms with Gasteiger partial charge in [0.15, 0.2) is 6.10 Å². The lowest BCUT2D eigenvalue weighted by Crippen LogP contribution is -2.30. The molecule has 0 aromatic rings. The molecule has 0 saturated heterocycles. The van der Waals surface area contributed by atoms with Crippen molar-refractivity contribution in [3.8, 4) is 0 Å². The van der Waals surface area contributed by atoms with Gasteiger partial charge in [-0.25, -0.2) is 4.57 Å². The van der Waals surface area contributed by atoms with Crippen LogP contribution in [-0.2, 0) is 37.5 Å². The number of rotatable bonds is 42. The average molecular weight is 921 g/mol. The summed E-state index contributed by atoms with van der Waals surface area (Å²) in [5, 5.41) is 49.8. The van der Waals surface area contributed by atoms with Gasteiger partial charge in [-0.1, -0.05) is 155 Å². The second-order valence-electron chi connectivity index (χ2n) is 18.3. The van der Waals surface area contributed by atoms with Crippen molar-refractivity contribution in [2.24, 2.45) is 17.8 Å². The van der Waals surface area contributed by atoms with Gasteiger partial charge in [-0.3, -0.25) is 23.4 Å². The lowest BCUT2D eigenvalue weighted by atomic mass is 9.87. The average Bonchev–Trinajstić information content (AvgIpc) is 3.51. The van der Waals surface area contributed by atoms with Gasteiger partial charge >= 0.3 is 19.8 Å². The predicted molar refractivity (Wildman–Crippen MR) is 245 cm³/mol. The molecule has 0 amide bonds. The number of phosphoric acid groups is 1. The molecule has 8 atom stereocenters. The van der Waals surface area contributed by atoms with Gasteiger partial charge in [0.1, 0.15) is 18.5 Å². The van der Waals surface area contributed by atoms with Crippen molar-refractivity contribution in [1.82, 2.24) is 0 Å². The molecule has 0 spiro atoms. The van der Waals surface area contributed by atoms with Crippen molar-refractivity contribution in [2.75, 3.05) is 26.4 Å². The van der Waals surface area contributed by atoms with E-state index < -0.39 is 88.5 Å². The summed E-state index contributed by atoms with van der Waals surface area (Å²) in [5.41, 5.74) is 0. The summed E-state index contributed by atoms with van der Waals surface area (Å²) in [4.78, 5) is 48.2. The van der Waals surface area contributed by atoms with Crippen LogP contribution in [0.2, 0.25) is 0 Å². The second-order valence-corrected chi connectivity index (χ2v) is 19.7. The Balaban J connectivity index is 2.41. The number of hydrogen-bond acceptors (Lipinski definition) is 13. The maximum Gasteiger partial charge on any atom is 0.472 e. The number of hydrogen-bond donors (Lipinski definition) is 6. The summed E-state index contributed by atoms with van der Waals surface area (Å²) in [6, 6.07) is 0. The Labute approximate surface area is 379 Å². The number of Topliss-reactive ketones (excluding diaryl/α,β-unsaturated/α-hetero) is 1. The van der Waals surface area contributed by atoms with Crippen molar-refractivity contribution >= 4 is 25.5 Å². The molecule has 1 unspecified atom stereocenters. The molecule has 370 valence electrons. The van der Waals surface area contributed by atoms with E-state index in [0.29, 0.717) is 19.3 Å². The van der Waals surface area contributed by atoms with Crippen molar-refractivity contribution in [3.05, 3.63) is 12.2 Å². The molecule has 0 aromatic carbocycles. The van der Waals surface area contributed by atoms with Crippen molar-refractivity contribution in [2.45, 2.75) is 231 Å². The summed E-state index contributed by atoms with van der Waals surface area (Å²) >= 11 is 0. The molecule has 1 fully saturated rings. The Morgan fingerprint density at radius 1 is 0.667 bits per heavy atom. The zero-order valence-electron chi connectivity index (χ0n) is 39.3. The third-order valence-corrected chi connectivity index (χ3v) is 12.8. The van der Waals surface area contributed by atoms with Gasteiger partial charge in [-0.05, 0) is 31.6 Å². The highest BCUT2D eigenvalue weighted by atomic mass is 31.2. The summed E-state index contributed by atoms with van der Waals surface area (Å²) in [6.45, 7) is 4.21. The number of esters is 2. The zero-order chi connectivity index (χ0) is 46.7. The molecule has 0 heterocycles. The SMILES string of the molecule is CCCCC[C@H](O)/C=C/[C@@H]1[C@@H](CC(=O)CCCCC(=O)O[C@H](COC(=O)CCCCCCCCCCCCCCCCCCC(C)C)COP(=O)(O)OC[C@@H](O)CO)[C@@H](O)C[C@H]1O. The van der Waals surface area contributed by atoms with Crippen molar-refractivity contribution in [1.29, 1.82) is 0 Å². The fraction of sp³-hybridized carbons (Fsp3) is 0.896. The van der Waals surface area contributed by atoms with Crippen LogP contribution in [0.5, 0.6) is 0 Å². The number of carbonyl (C=O) groups is 3. The molecule has 1 saturated carbocycles. The number of aliphatic hydroxyl groups is 5. The van der Waals surface area contributed by atoms with Gasteiger partial charge in [-0.2, -0.15) is 0 Å². The van der Waals surface area contributed by atoms with Gasteiger partial charge < -0.3 is 39.9 Å². The fourth-order valence-electron chi connectivity index (χ4n) is 7.94. The summed E-state index contributed by atoms with van der Waals surface area (Å²) < 4.78 is 32.7. The first kappa shape index (κ1) is 59.3. The maximum absolute atomic E-state index is 12.9. The van der Waals surface area contributed by atoms with E-state index in [1.54, 1.807) is 12.2 Å². The summed E-state index contributed by atoms with van der Waals surface area (Å²) in [7, 11) is -4.72. The highest BCUT2D eigenvalue weighted by Gasteiger charge is 2.41. The molecular formula is C48H89O14P. The van der Waals surface area contributed by atoms with Crippen LogP contribution in [0.15, 0.2) is 12.2 Å². The number of carbonyl (C=O) groups excluding carboxylic acids is 3. The van der Waals surface area contributed by atoms with Crippen LogP contribution in [0.4, 0.5) is 0 Å². The molecule has 0 bridgehead atoms. The minimum absolute atomic E-state index is 0.0478. The summed E-state index contributed by atoms with van der Waals surface area (Å²) in [6.07, 6.45) is 23.8. The Hall–Kier alpha value is -1.74.